The Labute approximate surface area is 327 Å². The van der Waals surface area contributed by atoms with Crippen LogP contribution in [-0.4, -0.2) is 70.9 Å². The molecule has 1 unspecified atom stereocenters. The van der Waals surface area contributed by atoms with Gasteiger partial charge in [-0.3, -0.25) is 4.79 Å². The molecule has 0 rings (SSSR count). The van der Waals surface area contributed by atoms with E-state index in [2.05, 4.69) is 30.1 Å². The minimum atomic E-state index is -3.94. The molecule has 10 nitrogen and oxygen atoms in total. The summed E-state index contributed by atoms with van der Waals surface area (Å²) in [5.41, 5.74) is 5.69. The van der Waals surface area contributed by atoms with Gasteiger partial charge in [-0.05, 0) is 90.3 Å². The molecule has 316 valence electrons. The Morgan fingerprint density at radius 2 is 1.08 bits per heavy atom. The molecule has 0 saturated heterocycles. The van der Waals surface area contributed by atoms with Crippen molar-refractivity contribution >= 4 is 28.3 Å². The lowest BCUT2D eigenvalue weighted by atomic mass is 10.0. The summed E-state index contributed by atoms with van der Waals surface area (Å²) in [6.07, 6.45) is 33.7. The summed E-state index contributed by atoms with van der Waals surface area (Å²) in [5, 5.41) is 4.93. The van der Waals surface area contributed by atoms with Crippen molar-refractivity contribution in [2.45, 2.75) is 219 Å². The number of carbonyl (C=O) groups excluding carboxylic acids is 2. The lowest BCUT2D eigenvalue weighted by molar-refractivity contribution is -0.150. The molecule has 4 N–H and O–H groups in total. The van der Waals surface area contributed by atoms with Crippen LogP contribution in [0.1, 0.15) is 213 Å². The molecule has 0 aromatic rings. The van der Waals surface area contributed by atoms with Gasteiger partial charge in [0, 0.05) is 33.0 Å². The van der Waals surface area contributed by atoms with Crippen molar-refractivity contribution in [1.29, 1.82) is 0 Å². The normalized spacial score (nSPS) is 12.5. The Bertz CT molecular complexity index is 927. The zero-order valence-corrected chi connectivity index (χ0v) is 35.9. The molecular formula is C42H86N4O6S. The fourth-order valence-corrected chi connectivity index (χ4v) is 6.79. The van der Waals surface area contributed by atoms with Gasteiger partial charge in [-0.15, -0.1) is 4.40 Å². The monoisotopic (exact) mass is 775 g/mol. The molecule has 0 amide bonds. The maximum Gasteiger partial charge on any atom is 0.318 e. The predicted molar refractivity (Wildman–Crippen MR) is 225 cm³/mol. The molecule has 0 aromatic heterocycles. The van der Waals surface area contributed by atoms with E-state index in [0.29, 0.717) is 19.3 Å². The van der Waals surface area contributed by atoms with E-state index in [0.717, 1.165) is 135 Å². The van der Waals surface area contributed by atoms with Crippen LogP contribution in [0.2, 0.25) is 0 Å². The predicted octanol–water partition coefficient (Wildman–Crippen LogP) is 10.4. The molecule has 0 aromatic carbocycles. The molecule has 0 radical (unpaired) electrons. The lowest BCUT2D eigenvalue weighted by Gasteiger charge is -2.22. The fraction of sp³-hybridized carbons (Fsp3) is 0.929. The average molecular weight is 775 g/mol. The van der Waals surface area contributed by atoms with Crippen LogP contribution >= 0.6 is 0 Å². The fourth-order valence-electron chi connectivity index (χ4n) is 6.37. The van der Waals surface area contributed by atoms with E-state index in [9.17, 15) is 18.0 Å². The van der Waals surface area contributed by atoms with Gasteiger partial charge in [0.2, 0.25) is 0 Å². The van der Waals surface area contributed by atoms with E-state index < -0.39 is 10.2 Å². The number of nitrogens with two attached hydrogens (primary N) is 2. The zero-order chi connectivity index (χ0) is 39.7. The van der Waals surface area contributed by atoms with E-state index in [4.69, 9.17) is 20.3 Å². The number of hydrogen-bond donors (Lipinski definition) is 2. The summed E-state index contributed by atoms with van der Waals surface area (Å²) in [6.45, 7) is 10.6. The Kier molecular flexibility index (Phi) is 42.0. The van der Waals surface area contributed by atoms with Crippen molar-refractivity contribution in [3.05, 3.63) is 0 Å². The number of rotatable bonds is 39. The van der Waals surface area contributed by atoms with Crippen LogP contribution in [-0.2, 0) is 29.3 Å². The molecule has 0 fully saturated rings. The van der Waals surface area contributed by atoms with Crippen LogP contribution in [0, 0.1) is 0 Å². The van der Waals surface area contributed by atoms with E-state index in [-0.39, 0.29) is 17.9 Å². The molecular weight excluding hydrogens is 689 g/mol. The maximum absolute atomic E-state index is 12.5. The number of methoxy groups -OCH3 is 1. The highest BCUT2D eigenvalue weighted by Gasteiger charge is 2.14. The van der Waals surface area contributed by atoms with Crippen LogP contribution < -0.4 is 10.9 Å². The van der Waals surface area contributed by atoms with Gasteiger partial charge in [0.05, 0.1) is 0 Å². The van der Waals surface area contributed by atoms with Crippen molar-refractivity contribution in [3.63, 3.8) is 0 Å². The van der Waals surface area contributed by atoms with Crippen molar-refractivity contribution < 1.29 is 27.5 Å². The standard InChI is InChI=1S/C33H66N4O5S.C9H20O/c1-3-5-7-16-24-31(23-15-6-4-2)42-33(39)26-17-11-10-13-20-28-37(27-19-12-8-9-14-22-30-38)29-21-18-25-32(34)36-43(35,40)41;1-3-4-5-6-7-8-9-10-2/h30-31H,3-29H2,1-2H3,(H2,34,36)(H2,35,40,41);3-9H2,1-2H3. The van der Waals surface area contributed by atoms with E-state index in [1.807, 2.05) is 0 Å². The number of aldehydes is 1. The molecule has 1 atom stereocenters. The SMILES string of the molecule is CCCCCCC(CCCCC)OC(=O)CCCCCCCN(CCCCCCCC=O)CCCC/C(N)=N/S(N)(=O)=O.CCCCCCCCOC. The molecule has 0 saturated carbocycles. The van der Waals surface area contributed by atoms with Gasteiger partial charge in [0.1, 0.15) is 18.2 Å². The van der Waals surface area contributed by atoms with Gasteiger partial charge < -0.3 is 24.9 Å². The maximum atomic E-state index is 12.5. The van der Waals surface area contributed by atoms with Crippen LogP contribution in [0.4, 0.5) is 0 Å². The summed E-state index contributed by atoms with van der Waals surface area (Å²) >= 11 is 0. The molecule has 0 bridgehead atoms. The second-order valence-electron chi connectivity index (χ2n) is 14.9. The second-order valence-corrected chi connectivity index (χ2v) is 16.1. The highest BCUT2D eigenvalue weighted by Crippen LogP contribution is 2.17. The Balaban J connectivity index is 0. The molecule has 0 heterocycles. The Hall–Kier alpha value is -1.56. The Morgan fingerprint density at radius 1 is 0.642 bits per heavy atom. The number of carbonyl (C=O) groups is 2. The van der Waals surface area contributed by atoms with Crippen LogP contribution in [0.5, 0.6) is 0 Å². The van der Waals surface area contributed by atoms with Crippen molar-refractivity contribution in [3.8, 4) is 0 Å². The molecule has 0 aliphatic carbocycles. The van der Waals surface area contributed by atoms with E-state index in [1.54, 1.807) is 7.11 Å². The third-order valence-corrected chi connectivity index (χ3v) is 10.1. The second kappa shape index (κ2) is 41.6. The first-order chi connectivity index (χ1) is 25.6. The number of esters is 1. The summed E-state index contributed by atoms with van der Waals surface area (Å²) in [4.78, 5) is 25.5. The number of amidine groups is 1. The smallest absolute Gasteiger partial charge is 0.318 e. The molecule has 11 heteroatoms. The van der Waals surface area contributed by atoms with Crippen LogP contribution in [0.25, 0.3) is 0 Å². The zero-order valence-electron chi connectivity index (χ0n) is 35.1. The summed E-state index contributed by atoms with van der Waals surface area (Å²) in [6, 6.07) is 0. The van der Waals surface area contributed by atoms with Crippen LogP contribution in [0.15, 0.2) is 4.40 Å². The van der Waals surface area contributed by atoms with Crippen molar-refractivity contribution in [2.75, 3.05) is 33.4 Å². The van der Waals surface area contributed by atoms with Crippen molar-refractivity contribution in [1.82, 2.24) is 4.90 Å². The first-order valence-corrected chi connectivity index (χ1v) is 23.3. The number of unbranched alkanes of at least 4 members (excludes halogenated alkanes) is 20. The number of nitrogens with zero attached hydrogens (tertiary/aromatic N) is 2. The van der Waals surface area contributed by atoms with Gasteiger partial charge in [0.25, 0.3) is 0 Å². The molecule has 53 heavy (non-hydrogen) atoms. The van der Waals surface area contributed by atoms with Crippen LogP contribution in [0.3, 0.4) is 0 Å². The third kappa shape index (κ3) is 44.7. The first kappa shape index (κ1) is 53.5. The summed E-state index contributed by atoms with van der Waals surface area (Å²) in [7, 11) is -2.17. The number of ether oxygens (including phenoxy) is 2. The topological polar surface area (TPSA) is 154 Å². The van der Waals surface area contributed by atoms with Gasteiger partial charge in [-0.2, -0.15) is 8.42 Å². The molecule has 0 spiro atoms. The lowest BCUT2D eigenvalue weighted by Crippen LogP contribution is -2.27. The van der Waals surface area contributed by atoms with E-state index in [1.165, 1.54) is 70.6 Å². The first-order valence-electron chi connectivity index (χ1n) is 21.8. The Morgan fingerprint density at radius 3 is 1.62 bits per heavy atom. The highest BCUT2D eigenvalue weighted by molar-refractivity contribution is 7.88. The summed E-state index contributed by atoms with van der Waals surface area (Å²) in [5.74, 6) is 0.0383. The quantitative estimate of drug-likeness (QED) is 0.0206. The summed E-state index contributed by atoms with van der Waals surface area (Å²) < 4.78 is 36.3. The molecule has 0 aliphatic heterocycles. The van der Waals surface area contributed by atoms with Gasteiger partial charge >= 0.3 is 16.2 Å². The van der Waals surface area contributed by atoms with Gasteiger partial charge in [-0.1, -0.05) is 124 Å². The van der Waals surface area contributed by atoms with Crippen molar-refractivity contribution in [2.24, 2.45) is 15.3 Å². The minimum Gasteiger partial charge on any atom is -0.462 e. The highest BCUT2D eigenvalue weighted by atomic mass is 32.2. The third-order valence-electron chi connectivity index (χ3n) is 9.56. The minimum absolute atomic E-state index is 0.0240. The van der Waals surface area contributed by atoms with Gasteiger partial charge in [0.15, 0.2) is 0 Å². The number of hydrogen-bond acceptors (Lipinski definition) is 7. The molecule has 0 aliphatic rings. The van der Waals surface area contributed by atoms with E-state index >= 15 is 0 Å². The average Bonchev–Trinajstić information content (AvgIpc) is 3.11. The van der Waals surface area contributed by atoms with Gasteiger partial charge in [-0.25, -0.2) is 5.14 Å². The largest absolute Gasteiger partial charge is 0.462 e.